The van der Waals surface area contributed by atoms with E-state index in [1.54, 1.807) is 42.5 Å². The van der Waals surface area contributed by atoms with E-state index in [1.165, 1.54) is 37.6 Å². The number of ether oxygens (including phenoxy) is 2. The molecule has 0 radical (unpaired) electrons. The Morgan fingerprint density at radius 2 is 1.79 bits per heavy atom. The van der Waals surface area contributed by atoms with Crippen molar-refractivity contribution in [3.05, 3.63) is 83.4 Å². The lowest BCUT2D eigenvalue weighted by Crippen LogP contribution is -2.17. The molecule has 1 N–H and O–H groups in total. The topological polar surface area (TPSA) is 103 Å². The second kappa shape index (κ2) is 11.3. The number of hydrogen-bond donors (Lipinski definition) is 1. The summed E-state index contributed by atoms with van der Waals surface area (Å²) in [6.45, 7) is 4.41. The summed E-state index contributed by atoms with van der Waals surface area (Å²) >= 11 is 0. The van der Waals surface area contributed by atoms with Crippen LogP contribution in [0.15, 0.2) is 76.7 Å². The molecule has 0 aliphatic heterocycles. The van der Waals surface area contributed by atoms with Gasteiger partial charge in [-0.2, -0.15) is 13.5 Å². The normalized spacial score (nSPS) is 11.3. The van der Waals surface area contributed by atoms with Crippen molar-refractivity contribution in [2.75, 3.05) is 13.7 Å². The molecule has 0 aromatic heterocycles. The van der Waals surface area contributed by atoms with E-state index in [9.17, 15) is 13.2 Å². The van der Waals surface area contributed by atoms with E-state index in [2.05, 4.69) is 10.5 Å². The van der Waals surface area contributed by atoms with Gasteiger partial charge in [0.1, 0.15) is 10.6 Å². The van der Waals surface area contributed by atoms with Crippen LogP contribution in [0.1, 0.15) is 34.8 Å². The minimum atomic E-state index is -3.97. The van der Waals surface area contributed by atoms with E-state index in [1.807, 2.05) is 13.8 Å². The number of hydrogen-bond acceptors (Lipinski definition) is 7. The Morgan fingerprint density at radius 3 is 2.50 bits per heavy atom. The minimum absolute atomic E-state index is 0.0611. The molecule has 3 aromatic rings. The third-order valence-electron chi connectivity index (χ3n) is 4.64. The van der Waals surface area contributed by atoms with Crippen molar-refractivity contribution < 1.29 is 26.9 Å². The Labute approximate surface area is 199 Å². The van der Waals surface area contributed by atoms with Gasteiger partial charge in [0, 0.05) is 5.56 Å². The number of rotatable bonds is 10. The van der Waals surface area contributed by atoms with Crippen molar-refractivity contribution in [2.45, 2.75) is 25.2 Å². The highest BCUT2D eigenvalue weighted by molar-refractivity contribution is 7.87. The number of amides is 1. The molecule has 3 aromatic carbocycles. The zero-order chi connectivity index (χ0) is 24.6. The maximum absolute atomic E-state index is 12.5. The van der Waals surface area contributed by atoms with Crippen LogP contribution >= 0.6 is 0 Å². The van der Waals surface area contributed by atoms with Gasteiger partial charge in [0.2, 0.25) is 0 Å². The quantitative estimate of drug-likeness (QED) is 0.262. The first-order valence-electron chi connectivity index (χ1n) is 10.6. The second-order valence-electron chi connectivity index (χ2n) is 7.34. The summed E-state index contributed by atoms with van der Waals surface area (Å²) < 4.78 is 41.1. The van der Waals surface area contributed by atoms with Crippen molar-refractivity contribution in [1.29, 1.82) is 0 Å². The average molecular weight is 483 g/mol. The number of nitrogens with one attached hydrogen (secondary N) is 1. The SMILES string of the molecule is CCCOc1ccc(C(=O)N/N=C/c2cccc(OS(=O)(=O)c3ccc(C)cc3)c2)cc1OC. The molecule has 0 heterocycles. The lowest BCUT2D eigenvalue weighted by molar-refractivity contribution is 0.0954. The van der Waals surface area contributed by atoms with Gasteiger partial charge in [0.05, 0.1) is 19.9 Å². The van der Waals surface area contributed by atoms with Crippen LogP contribution in [0.5, 0.6) is 17.2 Å². The fourth-order valence-corrected chi connectivity index (χ4v) is 3.82. The molecule has 0 aliphatic carbocycles. The summed E-state index contributed by atoms with van der Waals surface area (Å²) in [6.07, 6.45) is 2.24. The highest BCUT2D eigenvalue weighted by Gasteiger charge is 2.16. The molecule has 0 saturated heterocycles. The summed E-state index contributed by atoms with van der Waals surface area (Å²) in [5, 5.41) is 3.95. The third kappa shape index (κ3) is 6.58. The van der Waals surface area contributed by atoms with Crippen LogP contribution in [0.2, 0.25) is 0 Å². The molecular weight excluding hydrogens is 456 g/mol. The molecule has 0 atom stereocenters. The molecular formula is C25H26N2O6S. The van der Waals surface area contributed by atoms with Gasteiger partial charge in [0.25, 0.3) is 5.91 Å². The van der Waals surface area contributed by atoms with Gasteiger partial charge in [-0.3, -0.25) is 4.79 Å². The smallest absolute Gasteiger partial charge is 0.339 e. The molecule has 0 bridgehead atoms. The van der Waals surface area contributed by atoms with Crippen LogP contribution in [-0.2, 0) is 10.1 Å². The Bertz CT molecular complexity index is 1270. The lowest BCUT2D eigenvalue weighted by Gasteiger charge is -2.11. The molecule has 0 fully saturated rings. The predicted molar refractivity (Wildman–Crippen MR) is 129 cm³/mol. The molecule has 3 rings (SSSR count). The van der Waals surface area contributed by atoms with E-state index in [0.29, 0.717) is 29.2 Å². The molecule has 9 heteroatoms. The minimum Gasteiger partial charge on any atom is -0.493 e. The first-order chi connectivity index (χ1) is 16.3. The van der Waals surface area contributed by atoms with Gasteiger partial charge in [-0.1, -0.05) is 36.8 Å². The largest absolute Gasteiger partial charge is 0.493 e. The van der Waals surface area contributed by atoms with Gasteiger partial charge < -0.3 is 13.7 Å². The van der Waals surface area contributed by atoms with Crippen LogP contribution in [0.4, 0.5) is 0 Å². The van der Waals surface area contributed by atoms with E-state index < -0.39 is 16.0 Å². The fourth-order valence-electron chi connectivity index (χ4n) is 2.90. The molecule has 1 amide bonds. The number of methoxy groups -OCH3 is 1. The van der Waals surface area contributed by atoms with E-state index in [0.717, 1.165) is 12.0 Å². The highest BCUT2D eigenvalue weighted by atomic mass is 32.2. The van der Waals surface area contributed by atoms with E-state index in [4.69, 9.17) is 13.7 Å². The van der Waals surface area contributed by atoms with Gasteiger partial charge in [-0.25, -0.2) is 5.43 Å². The number of carbonyl (C=O) groups is 1. The number of benzene rings is 3. The lowest BCUT2D eigenvalue weighted by atomic mass is 10.2. The number of carbonyl (C=O) groups excluding carboxylic acids is 1. The van der Waals surface area contributed by atoms with Crippen LogP contribution in [0, 0.1) is 6.92 Å². The average Bonchev–Trinajstić information content (AvgIpc) is 2.82. The van der Waals surface area contributed by atoms with E-state index >= 15 is 0 Å². The van der Waals surface area contributed by atoms with Crippen LogP contribution < -0.4 is 19.1 Å². The molecule has 0 unspecified atom stereocenters. The molecule has 34 heavy (non-hydrogen) atoms. The standard InChI is InChI=1S/C25H26N2O6S/c1-4-14-32-23-13-10-20(16-24(23)31-3)25(28)27-26-17-19-6-5-7-21(15-19)33-34(29,30)22-11-8-18(2)9-12-22/h5-13,15-17H,4,14H2,1-3H3,(H,27,28)/b26-17+. The summed E-state index contributed by atoms with van der Waals surface area (Å²) in [4.78, 5) is 12.5. The number of hydrazone groups is 1. The Hall–Kier alpha value is -3.85. The van der Waals surface area contributed by atoms with Crippen LogP contribution in [0.3, 0.4) is 0 Å². The van der Waals surface area contributed by atoms with Crippen molar-refractivity contribution in [3.63, 3.8) is 0 Å². The fraction of sp³-hybridized carbons (Fsp3) is 0.200. The molecule has 0 spiro atoms. The summed E-state index contributed by atoms with van der Waals surface area (Å²) in [5.74, 6) is 0.695. The predicted octanol–water partition coefficient (Wildman–Crippen LogP) is 4.32. The van der Waals surface area contributed by atoms with Gasteiger partial charge in [-0.15, -0.1) is 0 Å². The highest BCUT2D eigenvalue weighted by Crippen LogP contribution is 2.28. The summed E-state index contributed by atoms with van der Waals surface area (Å²) in [7, 11) is -2.47. The van der Waals surface area contributed by atoms with Crippen molar-refractivity contribution in [2.24, 2.45) is 5.10 Å². The Balaban J connectivity index is 1.66. The Morgan fingerprint density at radius 1 is 1.03 bits per heavy atom. The molecule has 8 nitrogen and oxygen atoms in total. The zero-order valence-corrected chi connectivity index (χ0v) is 20.0. The first kappa shape index (κ1) is 24.8. The molecule has 0 saturated carbocycles. The number of aryl methyl sites for hydroxylation is 1. The zero-order valence-electron chi connectivity index (χ0n) is 19.1. The van der Waals surface area contributed by atoms with Gasteiger partial charge >= 0.3 is 10.1 Å². The molecule has 178 valence electrons. The van der Waals surface area contributed by atoms with Crippen molar-refractivity contribution in [1.82, 2.24) is 5.43 Å². The Kier molecular flexibility index (Phi) is 8.26. The maximum Gasteiger partial charge on any atom is 0.339 e. The number of nitrogens with zero attached hydrogens (tertiary/aromatic N) is 1. The first-order valence-corrected chi connectivity index (χ1v) is 12.0. The maximum atomic E-state index is 12.5. The van der Waals surface area contributed by atoms with Gasteiger partial charge in [-0.05, 0) is 61.4 Å². The monoisotopic (exact) mass is 482 g/mol. The van der Waals surface area contributed by atoms with Crippen molar-refractivity contribution in [3.8, 4) is 17.2 Å². The summed E-state index contributed by atoms with van der Waals surface area (Å²) in [5.41, 5.74) is 4.26. The van der Waals surface area contributed by atoms with Crippen LogP contribution in [-0.4, -0.2) is 34.3 Å². The third-order valence-corrected chi connectivity index (χ3v) is 5.90. The molecule has 0 aliphatic rings. The van der Waals surface area contributed by atoms with Crippen molar-refractivity contribution >= 4 is 22.2 Å². The van der Waals surface area contributed by atoms with Gasteiger partial charge in [0.15, 0.2) is 11.5 Å². The van der Waals surface area contributed by atoms with Crippen LogP contribution in [0.25, 0.3) is 0 Å². The summed E-state index contributed by atoms with van der Waals surface area (Å²) in [6, 6.07) is 17.6. The second-order valence-corrected chi connectivity index (χ2v) is 8.88. The van der Waals surface area contributed by atoms with E-state index in [-0.39, 0.29) is 10.6 Å².